The number of benzene rings is 2. The predicted molar refractivity (Wildman–Crippen MR) is 145 cm³/mol. The minimum Gasteiger partial charge on any atom is -0.453 e. The minimum absolute atomic E-state index is 0.0414. The standard InChI is InChI=1S/C27H37BN4O5/c1-26(2)27(3,4)37-28(36-26)19-13-14-22(21(29)16-19)30-17-20-12-9-15-32(20)24(33)23(31-25(34)35-5)18-10-7-6-8-11-18/h6-8,10-11,13-14,16,20,23,30H,9,12,15,17,29H2,1-5H3,(H,31,34)/t20-,23-/m0/s1. The summed E-state index contributed by atoms with van der Waals surface area (Å²) in [6.45, 7) is 9.22. The molecule has 198 valence electrons. The number of hydrogen-bond donors (Lipinski definition) is 3. The molecule has 2 heterocycles. The van der Waals surface area contributed by atoms with Crippen molar-refractivity contribution in [1.29, 1.82) is 0 Å². The summed E-state index contributed by atoms with van der Waals surface area (Å²) in [5.74, 6) is -0.162. The lowest BCUT2D eigenvalue weighted by atomic mass is 9.79. The first kappa shape index (κ1) is 26.8. The molecule has 0 bridgehead atoms. The zero-order chi connectivity index (χ0) is 26.8. The quantitative estimate of drug-likeness (QED) is 0.389. The van der Waals surface area contributed by atoms with Crippen LogP contribution >= 0.6 is 0 Å². The zero-order valence-electron chi connectivity index (χ0n) is 22.2. The van der Waals surface area contributed by atoms with E-state index in [1.165, 1.54) is 7.11 Å². The van der Waals surface area contributed by atoms with Gasteiger partial charge in [-0.3, -0.25) is 4.79 Å². The van der Waals surface area contributed by atoms with E-state index in [0.717, 1.165) is 24.0 Å². The van der Waals surface area contributed by atoms with Crippen LogP contribution in [0.2, 0.25) is 0 Å². The second-order valence-electron chi connectivity index (χ2n) is 10.6. The van der Waals surface area contributed by atoms with Crippen LogP contribution in [0.4, 0.5) is 16.2 Å². The Balaban J connectivity index is 1.43. The molecule has 2 aliphatic rings. The van der Waals surface area contributed by atoms with Crippen molar-refractivity contribution >= 4 is 36.0 Å². The number of carbonyl (C=O) groups excluding carboxylic acids is 2. The highest BCUT2D eigenvalue weighted by Crippen LogP contribution is 2.36. The SMILES string of the molecule is COC(=O)N[C@H](C(=O)N1CCC[C@H]1CNc1ccc(B2OC(C)(C)C(C)(C)O2)cc1N)c1ccccc1. The molecule has 2 fully saturated rings. The van der Waals surface area contributed by atoms with Crippen LogP contribution in [-0.4, -0.2) is 61.5 Å². The molecule has 9 nitrogen and oxygen atoms in total. The van der Waals surface area contributed by atoms with Gasteiger partial charge in [0.1, 0.15) is 6.04 Å². The largest absolute Gasteiger partial charge is 0.494 e. The topological polar surface area (TPSA) is 115 Å². The average molecular weight is 508 g/mol. The summed E-state index contributed by atoms with van der Waals surface area (Å²) in [5, 5.41) is 6.10. The molecule has 10 heteroatoms. The first-order chi connectivity index (χ1) is 17.5. The number of rotatable bonds is 7. The Hall–Kier alpha value is -3.24. The Morgan fingerprint density at radius 2 is 1.81 bits per heavy atom. The molecule has 4 N–H and O–H groups in total. The lowest BCUT2D eigenvalue weighted by Gasteiger charge is -2.32. The predicted octanol–water partition coefficient (Wildman–Crippen LogP) is 3.07. The first-order valence-corrected chi connectivity index (χ1v) is 12.7. The maximum Gasteiger partial charge on any atom is 0.494 e. The molecule has 0 saturated carbocycles. The third-order valence-corrected chi connectivity index (χ3v) is 7.62. The van der Waals surface area contributed by atoms with Crippen LogP contribution in [0.5, 0.6) is 0 Å². The number of likely N-dealkylation sites (tertiary alicyclic amines) is 1. The maximum absolute atomic E-state index is 13.6. The molecule has 0 spiro atoms. The van der Waals surface area contributed by atoms with Gasteiger partial charge in [-0.25, -0.2) is 4.79 Å². The van der Waals surface area contributed by atoms with Gasteiger partial charge in [0.15, 0.2) is 0 Å². The number of nitrogens with zero attached hydrogens (tertiary/aromatic N) is 1. The van der Waals surface area contributed by atoms with Crippen molar-refractivity contribution in [3.05, 3.63) is 54.1 Å². The van der Waals surface area contributed by atoms with Gasteiger partial charge in [0.25, 0.3) is 0 Å². The molecule has 0 aromatic heterocycles. The lowest BCUT2D eigenvalue weighted by molar-refractivity contribution is -0.134. The number of hydrogen-bond acceptors (Lipinski definition) is 7. The zero-order valence-corrected chi connectivity index (χ0v) is 22.2. The summed E-state index contributed by atoms with van der Waals surface area (Å²) in [7, 11) is 0.800. The molecule has 0 unspecified atom stereocenters. The van der Waals surface area contributed by atoms with Crippen molar-refractivity contribution in [3.8, 4) is 0 Å². The Morgan fingerprint density at radius 3 is 2.43 bits per heavy atom. The summed E-state index contributed by atoms with van der Waals surface area (Å²) in [4.78, 5) is 27.4. The van der Waals surface area contributed by atoms with Gasteiger partial charge in [0.2, 0.25) is 5.91 Å². The first-order valence-electron chi connectivity index (χ1n) is 12.7. The van der Waals surface area contributed by atoms with Crippen LogP contribution in [0, 0.1) is 0 Å². The second kappa shape index (κ2) is 10.6. The van der Waals surface area contributed by atoms with Crippen molar-refractivity contribution in [2.75, 3.05) is 31.2 Å². The number of nitrogens with two attached hydrogens (primary N) is 1. The minimum atomic E-state index is -0.821. The molecule has 2 aromatic rings. The fourth-order valence-electron chi connectivity index (χ4n) is 4.71. The second-order valence-corrected chi connectivity index (χ2v) is 10.6. The number of ether oxygens (including phenoxy) is 1. The number of methoxy groups -OCH3 is 1. The van der Waals surface area contributed by atoms with Gasteiger partial charge >= 0.3 is 13.2 Å². The van der Waals surface area contributed by atoms with Gasteiger partial charge in [0.05, 0.1) is 29.7 Å². The number of amides is 2. The normalized spacial score (nSPS) is 20.9. The maximum atomic E-state index is 13.6. The molecule has 2 amide bonds. The van der Waals surface area contributed by atoms with Crippen LogP contribution in [0.1, 0.15) is 52.1 Å². The molecule has 0 radical (unpaired) electrons. The Labute approximate surface area is 219 Å². The smallest absolute Gasteiger partial charge is 0.453 e. The van der Waals surface area contributed by atoms with Crippen molar-refractivity contribution in [1.82, 2.24) is 10.2 Å². The Bertz CT molecular complexity index is 1110. The van der Waals surface area contributed by atoms with Crippen LogP contribution in [0.3, 0.4) is 0 Å². The van der Waals surface area contributed by atoms with Gasteiger partial charge in [0, 0.05) is 19.1 Å². The summed E-state index contributed by atoms with van der Waals surface area (Å²) in [5.41, 5.74) is 8.46. The molecule has 2 atom stereocenters. The van der Waals surface area contributed by atoms with Crippen molar-refractivity contribution in [2.24, 2.45) is 0 Å². The third kappa shape index (κ3) is 5.70. The fourth-order valence-corrected chi connectivity index (χ4v) is 4.71. The van der Waals surface area contributed by atoms with Crippen LogP contribution in [0.15, 0.2) is 48.5 Å². The molecule has 2 aromatic carbocycles. The molecule has 4 rings (SSSR count). The summed E-state index contributed by atoms with van der Waals surface area (Å²) >= 11 is 0. The third-order valence-electron chi connectivity index (χ3n) is 7.62. The highest BCUT2D eigenvalue weighted by Gasteiger charge is 2.51. The molecule has 2 aliphatic heterocycles. The molecule has 2 saturated heterocycles. The number of nitrogen functional groups attached to an aromatic ring is 1. The number of nitrogens with one attached hydrogen (secondary N) is 2. The average Bonchev–Trinajstić information content (AvgIpc) is 3.42. The van der Waals surface area contributed by atoms with E-state index < -0.39 is 30.5 Å². The lowest BCUT2D eigenvalue weighted by Crippen LogP contribution is -2.46. The Kier molecular flexibility index (Phi) is 7.71. The van der Waals surface area contributed by atoms with E-state index in [1.807, 2.05) is 81.1 Å². The van der Waals surface area contributed by atoms with Crippen molar-refractivity contribution in [2.45, 2.75) is 63.8 Å². The van der Waals surface area contributed by atoms with Crippen LogP contribution in [0.25, 0.3) is 0 Å². The van der Waals surface area contributed by atoms with Gasteiger partial charge in [-0.05, 0) is 63.7 Å². The summed E-state index contributed by atoms with van der Waals surface area (Å²) in [6, 6.07) is 14.1. The summed E-state index contributed by atoms with van der Waals surface area (Å²) < 4.78 is 17.0. The number of carbonyl (C=O) groups is 2. The molecular weight excluding hydrogens is 471 g/mol. The highest BCUT2D eigenvalue weighted by molar-refractivity contribution is 6.62. The van der Waals surface area contributed by atoms with Crippen LogP contribution < -0.4 is 21.8 Å². The highest BCUT2D eigenvalue weighted by atomic mass is 16.7. The van der Waals surface area contributed by atoms with Crippen molar-refractivity contribution in [3.63, 3.8) is 0 Å². The Morgan fingerprint density at radius 1 is 1.14 bits per heavy atom. The number of alkyl carbamates (subject to hydrolysis) is 1. The van der Waals surface area contributed by atoms with E-state index in [1.54, 1.807) is 0 Å². The number of anilines is 2. The fraction of sp³-hybridized carbons (Fsp3) is 0.481. The van der Waals surface area contributed by atoms with E-state index in [4.69, 9.17) is 19.8 Å². The van der Waals surface area contributed by atoms with Crippen molar-refractivity contribution < 1.29 is 23.6 Å². The molecule has 0 aliphatic carbocycles. The van der Waals surface area contributed by atoms with Gasteiger partial charge in [-0.1, -0.05) is 36.4 Å². The summed E-state index contributed by atoms with van der Waals surface area (Å²) in [6.07, 6.45) is 1.09. The van der Waals surface area contributed by atoms with Gasteiger partial charge in [-0.2, -0.15) is 0 Å². The molecule has 37 heavy (non-hydrogen) atoms. The van der Waals surface area contributed by atoms with E-state index >= 15 is 0 Å². The van der Waals surface area contributed by atoms with E-state index in [-0.39, 0.29) is 11.9 Å². The van der Waals surface area contributed by atoms with Gasteiger partial charge < -0.3 is 35.3 Å². The van der Waals surface area contributed by atoms with Crippen LogP contribution in [-0.2, 0) is 18.8 Å². The monoisotopic (exact) mass is 508 g/mol. The van der Waals surface area contributed by atoms with Gasteiger partial charge in [-0.15, -0.1) is 0 Å². The van der Waals surface area contributed by atoms with E-state index in [0.29, 0.717) is 24.3 Å². The van der Waals surface area contributed by atoms with E-state index in [2.05, 4.69) is 10.6 Å². The molecular formula is C27H37BN4O5. The van der Waals surface area contributed by atoms with E-state index in [9.17, 15) is 9.59 Å².